The summed E-state index contributed by atoms with van der Waals surface area (Å²) >= 11 is 23.3. The minimum atomic E-state index is -4.80. The molecule has 0 spiro atoms. The van der Waals surface area contributed by atoms with E-state index in [9.17, 15) is 18.0 Å². The third-order valence-corrected chi connectivity index (χ3v) is 4.39. The predicted molar refractivity (Wildman–Crippen MR) is 115 cm³/mol. The van der Waals surface area contributed by atoms with E-state index in [0.29, 0.717) is 5.75 Å². The zero-order valence-electron chi connectivity index (χ0n) is 16.1. The van der Waals surface area contributed by atoms with Crippen LogP contribution in [0.5, 0.6) is 23.0 Å². The Kier molecular flexibility index (Phi) is 10.1. The Morgan fingerprint density at radius 1 is 0.938 bits per heavy atom. The summed E-state index contributed by atoms with van der Waals surface area (Å²) in [6.45, 7) is 0.229. The lowest BCUT2D eigenvalue weighted by Gasteiger charge is -2.12. The summed E-state index contributed by atoms with van der Waals surface area (Å²) in [5.74, 6) is -0.328. The van der Waals surface area contributed by atoms with Gasteiger partial charge >= 0.3 is 12.3 Å². The van der Waals surface area contributed by atoms with Gasteiger partial charge in [0.15, 0.2) is 5.75 Å². The summed E-state index contributed by atoms with van der Waals surface area (Å²) in [5, 5.41) is 0.411. The minimum Gasteiger partial charge on any atom is -0.490 e. The monoisotopic (exact) mass is 532 g/mol. The van der Waals surface area contributed by atoms with Crippen molar-refractivity contribution in [3.8, 4) is 23.0 Å². The van der Waals surface area contributed by atoms with Crippen molar-refractivity contribution in [1.82, 2.24) is 0 Å². The van der Waals surface area contributed by atoms with Gasteiger partial charge in [0.2, 0.25) is 0 Å². The zero-order chi connectivity index (χ0) is 23.7. The Labute approximate surface area is 201 Å². The molecule has 5 nitrogen and oxygen atoms in total. The SMILES string of the molecule is O=C(CCCOc1c(Cl)cc(OCC=C(Cl)Cl)cc1Cl)Oc1ccc(OC(F)(F)F)cc1. The van der Waals surface area contributed by atoms with Crippen LogP contribution in [0.2, 0.25) is 10.0 Å². The molecular weight excluding hydrogens is 519 g/mol. The summed E-state index contributed by atoms with van der Waals surface area (Å²) in [6, 6.07) is 7.46. The van der Waals surface area contributed by atoms with Gasteiger partial charge in [-0.05, 0) is 36.8 Å². The van der Waals surface area contributed by atoms with E-state index in [2.05, 4.69) is 4.74 Å². The molecule has 174 valence electrons. The first-order valence-electron chi connectivity index (χ1n) is 8.86. The molecule has 0 saturated heterocycles. The van der Waals surface area contributed by atoms with Gasteiger partial charge in [-0.25, -0.2) is 0 Å². The standard InChI is InChI=1S/C20H15Cl4F3O5/c21-15-10-14(29-9-7-17(23)24)11-16(22)19(15)30-8-1-2-18(28)31-12-3-5-13(6-4-12)32-20(25,26)27/h3-7,10-11H,1-2,8-9H2. The third kappa shape index (κ3) is 9.65. The van der Waals surface area contributed by atoms with E-state index in [0.717, 1.165) is 12.1 Å². The van der Waals surface area contributed by atoms with Gasteiger partial charge in [-0.1, -0.05) is 46.4 Å². The fourth-order valence-electron chi connectivity index (χ4n) is 2.24. The molecule has 2 rings (SSSR count). The van der Waals surface area contributed by atoms with Crippen molar-refractivity contribution in [1.29, 1.82) is 0 Å². The fourth-order valence-corrected chi connectivity index (χ4v) is 2.94. The van der Waals surface area contributed by atoms with Crippen LogP contribution in [-0.4, -0.2) is 25.5 Å². The molecule has 0 aliphatic carbocycles. The van der Waals surface area contributed by atoms with Crippen LogP contribution in [0.3, 0.4) is 0 Å². The molecule has 32 heavy (non-hydrogen) atoms. The van der Waals surface area contributed by atoms with Crippen LogP contribution in [0.1, 0.15) is 12.8 Å². The third-order valence-electron chi connectivity index (χ3n) is 3.52. The lowest BCUT2D eigenvalue weighted by molar-refractivity contribution is -0.274. The highest BCUT2D eigenvalue weighted by atomic mass is 35.5. The number of halogens is 7. The molecule has 0 heterocycles. The van der Waals surface area contributed by atoms with Crippen molar-refractivity contribution in [3.63, 3.8) is 0 Å². The first kappa shape index (κ1) is 26.3. The molecule has 0 aliphatic heterocycles. The summed E-state index contributed by atoms with van der Waals surface area (Å²) < 4.78 is 56.2. The largest absolute Gasteiger partial charge is 0.573 e. The quantitative estimate of drug-likeness (QED) is 0.181. The lowest BCUT2D eigenvalue weighted by atomic mass is 10.3. The van der Waals surface area contributed by atoms with Gasteiger partial charge in [-0.3, -0.25) is 4.79 Å². The Morgan fingerprint density at radius 2 is 1.53 bits per heavy atom. The van der Waals surface area contributed by atoms with Crippen molar-refractivity contribution >= 4 is 52.4 Å². The maximum absolute atomic E-state index is 12.1. The molecule has 0 amide bonds. The second-order valence-corrected chi connectivity index (χ2v) is 7.79. The highest BCUT2D eigenvalue weighted by Gasteiger charge is 2.31. The normalized spacial score (nSPS) is 11.0. The van der Waals surface area contributed by atoms with Crippen LogP contribution in [0, 0.1) is 0 Å². The van der Waals surface area contributed by atoms with Gasteiger partial charge in [0, 0.05) is 18.6 Å². The molecule has 0 bridgehead atoms. The van der Waals surface area contributed by atoms with Gasteiger partial charge in [-0.2, -0.15) is 0 Å². The van der Waals surface area contributed by atoms with E-state index >= 15 is 0 Å². The molecule has 0 N–H and O–H groups in total. The van der Waals surface area contributed by atoms with Crippen molar-refractivity contribution in [2.24, 2.45) is 0 Å². The van der Waals surface area contributed by atoms with Gasteiger partial charge in [-0.15, -0.1) is 13.2 Å². The van der Waals surface area contributed by atoms with Crippen LogP contribution in [0.4, 0.5) is 13.2 Å². The van der Waals surface area contributed by atoms with Crippen molar-refractivity contribution in [2.45, 2.75) is 19.2 Å². The Morgan fingerprint density at radius 3 is 2.09 bits per heavy atom. The molecule has 0 aromatic heterocycles. The van der Waals surface area contributed by atoms with Crippen molar-refractivity contribution in [3.05, 3.63) is 57.0 Å². The number of carbonyl (C=O) groups excluding carboxylic acids is 1. The van der Waals surface area contributed by atoms with Gasteiger partial charge < -0.3 is 18.9 Å². The van der Waals surface area contributed by atoms with E-state index in [1.54, 1.807) is 0 Å². The zero-order valence-corrected chi connectivity index (χ0v) is 19.1. The molecule has 0 unspecified atom stereocenters. The number of alkyl halides is 3. The van der Waals surface area contributed by atoms with Crippen molar-refractivity contribution in [2.75, 3.05) is 13.2 Å². The maximum Gasteiger partial charge on any atom is 0.573 e. The molecule has 12 heteroatoms. The van der Waals surface area contributed by atoms with Gasteiger partial charge in [0.1, 0.15) is 28.3 Å². The van der Waals surface area contributed by atoms with E-state index in [1.165, 1.54) is 30.3 Å². The topological polar surface area (TPSA) is 54.0 Å². The van der Waals surface area contributed by atoms with Crippen LogP contribution in [0.25, 0.3) is 0 Å². The summed E-state index contributed by atoms with van der Waals surface area (Å²) in [7, 11) is 0. The lowest BCUT2D eigenvalue weighted by Crippen LogP contribution is -2.17. The molecule has 2 aromatic rings. The van der Waals surface area contributed by atoms with Crippen LogP contribution >= 0.6 is 46.4 Å². The summed E-state index contributed by atoms with van der Waals surface area (Å²) in [4.78, 5) is 11.9. The molecule has 0 fully saturated rings. The Bertz CT molecular complexity index is 922. The average molecular weight is 534 g/mol. The molecular formula is C20H15Cl4F3O5. The molecule has 0 aliphatic rings. The second-order valence-electron chi connectivity index (χ2n) is 5.97. The number of carbonyl (C=O) groups is 1. The molecule has 0 atom stereocenters. The van der Waals surface area contributed by atoms with E-state index < -0.39 is 18.1 Å². The fraction of sp³-hybridized carbons (Fsp3) is 0.250. The summed E-state index contributed by atoms with van der Waals surface area (Å²) in [6.07, 6.45) is -3.09. The maximum atomic E-state index is 12.1. The summed E-state index contributed by atoms with van der Waals surface area (Å²) in [5.41, 5.74) is 0. The van der Waals surface area contributed by atoms with Crippen LogP contribution < -0.4 is 18.9 Å². The molecule has 2 aromatic carbocycles. The number of hydrogen-bond acceptors (Lipinski definition) is 5. The van der Waals surface area contributed by atoms with Gasteiger partial charge in [0.25, 0.3) is 0 Å². The van der Waals surface area contributed by atoms with Gasteiger partial charge in [0.05, 0.1) is 16.7 Å². The van der Waals surface area contributed by atoms with Crippen molar-refractivity contribution < 1.29 is 36.9 Å². The van der Waals surface area contributed by atoms with Crippen LogP contribution in [-0.2, 0) is 4.79 Å². The number of rotatable bonds is 10. The Balaban J connectivity index is 1.78. The average Bonchev–Trinajstić information content (AvgIpc) is 2.67. The molecule has 0 saturated carbocycles. The molecule has 0 radical (unpaired) electrons. The van der Waals surface area contributed by atoms with Crippen LogP contribution in [0.15, 0.2) is 47.0 Å². The number of benzene rings is 2. The predicted octanol–water partition coefficient (Wildman–Crippen LogP) is 7.35. The smallest absolute Gasteiger partial charge is 0.490 e. The number of hydrogen-bond donors (Lipinski definition) is 0. The minimum absolute atomic E-state index is 0.0112. The second kappa shape index (κ2) is 12.3. The first-order chi connectivity index (χ1) is 15.0. The highest BCUT2D eigenvalue weighted by molar-refractivity contribution is 6.55. The number of esters is 1. The van der Waals surface area contributed by atoms with E-state index in [-0.39, 0.29) is 52.1 Å². The first-order valence-corrected chi connectivity index (χ1v) is 10.4. The number of ether oxygens (including phenoxy) is 4. The van der Waals surface area contributed by atoms with E-state index in [1.807, 2.05) is 0 Å². The van der Waals surface area contributed by atoms with E-state index in [4.69, 9.17) is 60.6 Å². The Hall–Kier alpha value is -2.00. The highest BCUT2D eigenvalue weighted by Crippen LogP contribution is 2.37.